The van der Waals surface area contributed by atoms with Crippen molar-refractivity contribution in [2.24, 2.45) is 0 Å². The Morgan fingerprint density at radius 2 is 2.00 bits per heavy atom. The second kappa shape index (κ2) is 9.65. The van der Waals surface area contributed by atoms with Gasteiger partial charge in [0.1, 0.15) is 18.3 Å². The lowest BCUT2D eigenvalue weighted by Gasteiger charge is -2.28. The fourth-order valence-electron chi connectivity index (χ4n) is 3.67. The van der Waals surface area contributed by atoms with Gasteiger partial charge in [-0.3, -0.25) is 4.79 Å². The number of amides is 3. The number of carbonyl (C=O) groups excluding carboxylic acids is 2. The maximum Gasteiger partial charge on any atom is 0.314 e. The number of nitrogens with one attached hydrogen (secondary N) is 2. The minimum absolute atomic E-state index is 0.0451. The number of fused-ring (bicyclic) bond motifs is 1. The summed E-state index contributed by atoms with van der Waals surface area (Å²) in [7, 11) is 1.56. The quantitative estimate of drug-likeness (QED) is 0.453. The molecule has 0 unspecified atom stereocenters. The number of morpholine rings is 1. The molecular weight excluding hydrogens is 358 g/mol. The van der Waals surface area contributed by atoms with Gasteiger partial charge in [-0.25, -0.2) is 4.79 Å². The predicted octanol–water partition coefficient (Wildman–Crippen LogP) is -1.53. The van der Waals surface area contributed by atoms with Gasteiger partial charge in [-0.15, -0.1) is 0 Å². The van der Waals surface area contributed by atoms with E-state index in [4.69, 9.17) is 18.9 Å². The molecular formula is C17H29N3O7. The molecule has 3 amide bonds. The predicted molar refractivity (Wildman–Crippen MR) is 93.2 cm³/mol. The van der Waals surface area contributed by atoms with Crippen LogP contribution in [0.15, 0.2) is 0 Å². The Hall–Kier alpha value is -1.46. The lowest BCUT2D eigenvalue weighted by atomic mass is 10.1. The summed E-state index contributed by atoms with van der Waals surface area (Å²) in [4.78, 5) is 25.8. The third-order valence-corrected chi connectivity index (χ3v) is 5.10. The molecule has 0 aliphatic carbocycles. The van der Waals surface area contributed by atoms with Crippen molar-refractivity contribution in [1.82, 2.24) is 15.5 Å². The number of methoxy groups -OCH3 is 1. The summed E-state index contributed by atoms with van der Waals surface area (Å²) in [5.74, 6) is 0.0451. The number of aliphatic hydroxyl groups excluding tert-OH is 1. The molecule has 0 bridgehead atoms. The van der Waals surface area contributed by atoms with Crippen molar-refractivity contribution in [2.45, 2.75) is 43.4 Å². The van der Waals surface area contributed by atoms with Gasteiger partial charge in [0.25, 0.3) is 0 Å². The molecule has 10 heteroatoms. The van der Waals surface area contributed by atoms with Crippen molar-refractivity contribution in [3.8, 4) is 0 Å². The molecule has 3 saturated heterocycles. The van der Waals surface area contributed by atoms with Gasteiger partial charge < -0.3 is 39.6 Å². The van der Waals surface area contributed by atoms with Crippen molar-refractivity contribution in [2.75, 3.05) is 53.1 Å². The SMILES string of the molecule is COCCNC(=O)NC[C@H]1O[C@@H]2C[C@@H](CC(=O)N3CCOCC3)O[C@@H]2[C@@H]1O. The number of aliphatic hydroxyl groups is 1. The summed E-state index contributed by atoms with van der Waals surface area (Å²) in [5.41, 5.74) is 0. The van der Waals surface area contributed by atoms with Crippen molar-refractivity contribution in [1.29, 1.82) is 0 Å². The standard InChI is InChI=1S/C17H29N3O7/c1-24-5-2-18-17(23)19-10-13-15(22)16-12(27-13)8-11(26-16)9-14(21)20-3-6-25-7-4-20/h11-13,15-16,22H,2-10H2,1H3,(H2,18,19,23)/t11-,12+,13+,15+,16-/m0/s1. The average molecular weight is 387 g/mol. The van der Waals surface area contributed by atoms with Gasteiger partial charge >= 0.3 is 6.03 Å². The van der Waals surface area contributed by atoms with Crippen molar-refractivity contribution >= 4 is 11.9 Å². The van der Waals surface area contributed by atoms with Gasteiger partial charge in [-0.2, -0.15) is 0 Å². The van der Waals surface area contributed by atoms with Gasteiger partial charge in [-0.05, 0) is 0 Å². The molecule has 0 radical (unpaired) electrons. The van der Waals surface area contributed by atoms with Crippen LogP contribution in [0.1, 0.15) is 12.8 Å². The Labute approximate surface area is 158 Å². The zero-order valence-corrected chi connectivity index (χ0v) is 15.6. The van der Waals surface area contributed by atoms with E-state index in [1.807, 2.05) is 0 Å². The van der Waals surface area contributed by atoms with E-state index in [9.17, 15) is 14.7 Å². The molecule has 3 aliphatic heterocycles. The van der Waals surface area contributed by atoms with Crippen LogP contribution in [0.4, 0.5) is 4.79 Å². The zero-order chi connectivity index (χ0) is 19.2. The fourth-order valence-corrected chi connectivity index (χ4v) is 3.67. The molecule has 3 N–H and O–H groups in total. The lowest BCUT2D eigenvalue weighted by Crippen LogP contribution is -2.45. The average Bonchev–Trinajstić information content (AvgIpc) is 3.19. The highest BCUT2D eigenvalue weighted by Crippen LogP contribution is 2.35. The summed E-state index contributed by atoms with van der Waals surface area (Å²) in [6, 6.07) is -0.338. The molecule has 3 rings (SSSR count). The van der Waals surface area contributed by atoms with Crippen LogP contribution in [0, 0.1) is 0 Å². The molecule has 3 aliphatic rings. The van der Waals surface area contributed by atoms with Crippen LogP contribution in [0.5, 0.6) is 0 Å². The zero-order valence-electron chi connectivity index (χ0n) is 15.6. The summed E-state index contributed by atoms with van der Waals surface area (Å²) in [6.45, 7) is 3.38. The third kappa shape index (κ3) is 5.29. The summed E-state index contributed by atoms with van der Waals surface area (Å²) in [5, 5.41) is 15.7. The first kappa shape index (κ1) is 20.3. The Bertz CT molecular complexity index is 515. The van der Waals surface area contributed by atoms with E-state index >= 15 is 0 Å². The highest BCUT2D eigenvalue weighted by atomic mass is 16.6. The monoisotopic (exact) mass is 387 g/mol. The topological polar surface area (TPSA) is 119 Å². The number of ether oxygens (including phenoxy) is 4. The Morgan fingerprint density at radius 3 is 2.70 bits per heavy atom. The molecule has 0 aromatic heterocycles. The molecule has 5 atom stereocenters. The molecule has 154 valence electrons. The van der Waals surface area contributed by atoms with Gasteiger partial charge in [0.15, 0.2) is 0 Å². The number of urea groups is 1. The maximum atomic E-state index is 12.3. The van der Waals surface area contributed by atoms with Gasteiger partial charge in [-0.1, -0.05) is 0 Å². The molecule has 0 spiro atoms. The number of hydrogen-bond donors (Lipinski definition) is 3. The molecule has 27 heavy (non-hydrogen) atoms. The van der Waals surface area contributed by atoms with E-state index in [-0.39, 0.29) is 37.1 Å². The summed E-state index contributed by atoms with van der Waals surface area (Å²) < 4.78 is 21.8. The van der Waals surface area contributed by atoms with Crippen molar-refractivity contribution in [3.05, 3.63) is 0 Å². The lowest BCUT2D eigenvalue weighted by molar-refractivity contribution is -0.138. The molecule has 3 heterocycles. The van der Waals surface area contributed by atoms with Crippen molar-refractivity contribution < 1.29 is 33.6 Å². The second-order valence-corrected chi connectivity index (χ2v) is 6.99. The molecule has 10 nitrogen and oxygen atoms in total. The van der Waals surface area contributed by atoms with Crippen LogP contribution < -0.4 is 10.6 Å². The minimum Gasteiger partial charge on any atom is -0.388 e. The Balaban J connectivity index is 1.38. The van der Waals surface area contributed by atoms with Gasteiger partial charge in [0.05, 0.1) is 38.4 Å². The number of hydrogen-bond acceptors (Lipinski definition) is 7. The largest absolute Gasteiger partial charge is 0.388 e. The highest BCUT2D eigenvalue weighted by Gasteiger charge is 2.50. The first-order valence-corrected chi connectivity index (χ1v) is 9.43. The van der Waals surface area contributed by atoms with Crippen LogP contribution in [0.25, 0.3) is 0 Å². The van der Waals surface area contributed by atoms with E-state index in [0.717, 1.165) is 0 Å². The van der Waals surface area contributed by atoms with Crippen LogP contribution in [-0.2, 0) is 23.7 Å². The van der Waals surface area contributed by atoms with E-state index in [0.29, 0.717) is 45.9 Å². The number of nitrogens with zero attached hydrogens (tertiary/aromatic N) is 1. The second-order valence-electron chi connectivity index (χ2n) is 6.99. The van der Waals surface area contributed by atoms with Gasteiger partial charge in [0.2, 0.25) is 5.91 Å². The fraction of sp³-hybridized carbons (Fsp3) is 0.882. The molecule has 0 aromatic rings. The van der Waals surface area contributed by atoms with Crippen LogP contribution in [0.2, 0.25) is 0 Å². The van der Waals surface area contributed by atoms with Crippen LogP contribution >= 0.6 is 0 Å². The summed E-state index contributed by atoms with van der Waals surface area (Å²) >= 11 is 0. The highest BCUT2D eigenvalue weighted by molar-refractivity contribution is 5.76. The molecule has 0 aromatic carbocycles. The first-order valence-electron chi connectivity index (χ1n) is 9.43. The van der Waals surface area contributed by atoms with E-state index in [1.54, 1.807) is 12.0 Å². The van der Waals surface area contributed by atoms with Crippen LogP contribution in [-0.4, -0.2) is 106 Å². The number of carbonyl (C=O) groups is 2. The van der Waals surface area contributed by atoms with Crippen LogP contribution in [0.3, 0.4) is 0 Å². The minimum atomic E-state index is -0.835. The maximum absolute atomic E-state index is 12.3. The normalized spacial score (nSPS) is 33.0. The smallest absolute Gasteiger partial charge is 0.314 e. The van der Waals surface area contributed by atoms with E-state index < -0.39 is 18.3 Å². The van der Waals surface area contributed by atoms with Gasteiger partial charge in [0, 0.05) is 39.7 Å². The molecule has 0 saturated carbocycles. The van der Waals surface area contributed by atoms with Crippen molar-refractivity contribution in [3.63, 3.8) is 0 Å². The van der Waals surface area contributed by atoms with E-state index in [2.05, 4.69) is 10.6 Å². The Kier molecular flexibility index (Phi) is 7.25. The van der Waals surface area contributed by atoms with E-state index in [1.165, 1.54) is 0 Å². The first-order chi connectivity index (χ1) is 13.1. The third-order valence-electron chi connectivity index (χ3n) is 5.10. The molecule has 3 fully saturated rings. The Morgan fingerprint density at radius 1 is 1.22 bits per heavy atom. The number of rotatable bonds is 7. The summed E-state index contributed by atoms with van der Waals surface area (Å²) in [6.07, 6.45) is -1.48.